The third kappa shape index (κ3) is 2.71. The molecule has 6 nitrogen and oxygen atoms in total. The first-order valence-corrected chi connectivity index (χ1v) is 5.90. The van der Waals surface area contributed by atoms with Gasteiger partial charge in [0.2, 0.25) is 0 Å². The molecule has 0 radical (unpaired) electrons. The van der Waals surface area contributed by atoms with Crippen molar-refractivity contribution in [1.82, 2.24) is 9.55 Å². The predicted molar refractivity (Wildman–Crippen MR) is 72.7 cm³/mol. The van der Waals surface area contributed by atoms with Crippen LogP contribution >= 0.6 is 0 Å². The molecule has 1 aromatic heterocycles. The number of hydrogen-bond donors (Lipinski definition) is 2. The molecule has 7 heteroatoms. The van der Waals surface area contributed by atoms with E-state index >= 15 is 0 Å². The summed E-state index contributed by atoms with van der Waals surface area (Å²) in [6.45, 7) is 0.324. The van der Waals surface area contributed by atoms with E-state index in [1.54, 1.807) is 12.4 Å². The first-order valence-electron chi connectivity index (χ1n) is 5.90. The molecule has 0 saturated heterocycles. The number of rotatable bonds is 4. The maximum Gasteiger partial charge on any atom is 0.340 e. The number of hydrogen-bond acceptors (Lipinski definition) is 5. The number of anilines is 2. The molecule has 2 aromatic rings. The van der Waals surface area contributed by atoms with Gasteiger partial charge in [-0.25, -0.2) is 14.2 Å². The van der Waals surface area contributed by atoms with Crippen LogP contribution in [0.3, 0.4) is 0 Å². The van der Waals surface area contributed by atoms with Crippen LogP contribution in [0.2, 0.25) is 0 Å². The number of methoxy groups -OCH3 is 1. The number of esters is 1. The maximum atomic E-state index is 13.8. The lowest BCUT2D eigenvalue weighted by molar-refractivity contribution is 0.0602. The quantitative estimate of drug-likeness (QED) is 0.655. The van der Waals surface area contributed by atoms with Crippen molar-refractivity contribution in [1.29, 1.82) is 0 Å². The molecule has 0 spiro atoms. The number of nitrogens with one attached hydrogen (secondary N) is 1. The SMILES string of the molecule is COC(=O)c1cc(NCc2nccn2C)c(F)cc1N. The summed E-state index contributed by atoms with van der Waals surface area (Å²) in [4.78, 5) is 15.6. The van der Waals surface area contributed by atoms with Crippen molar-refractivity contribution in [2.24, 2.45) is 7.05 Å². The topological polar surface area (TPSA) is 82.2 Å². The molecule has 0 fully saturated rings. The van der Waals surface area contributed by atoms with E-state index in [4.69, 9.17) is 5.73 Å². The molecule has 0 aliphatic heterocycles. The second-order valence-corrected chi connectivity index (χ2v) is 4.22. The molecular weight excluding hydrogens is 263 g/mol. The van der Waals surface area contributed by atoms with Crippen molar-refractivity contribution in [2.45, 2.75) is 6.54 Å². The van der Waals surface area contributed by atoms with Crippen LogP contribution in [-0.4, -0.2) is 22.6 Å². The predicted octanol–water partition coefficient (Wildman–Crippen LogP) is 1.54. The largest absolute Gasteiger partial charge is 0.465 e. The number of benzene rings is 1. The van der Waals surface area contributed by atoms with Crippen LogP contribution in [0, 0.1) is 5.82 Å². The van der Waals surface area contributed by atoms with Crippen molar-refractivity contribution < 1.29 is 13.9 Å². The van der Waals surface area contributed by atoms with Crippen molar-refractivity contribution in [2.75, 3.05) is 18.2 Å². The lowest BCUT2D eigenvalue weighted by Crippen LogP contribution is -2.10. The summed E-state index contributed by atoms with van der Waals surface area (Å²) in [5.74, 6) is -0.409. The number of carbonyl (C=O) groups is 1. The average Bonchev–Trinajstić information content (AvgIpc) is 2.82. The van der Waals surface area contributed by atoms with Gasteiger partial charge >= 0.3 is 5.97 Å². The molecular formula is C13H15FN4O2. The van der Waals surface area contributed by atoms with Gasteiger partial charge in [-0.1, -0.05) is 0 Å². The van der Waals surface area contributed by atoms with Crippen LogP contribution in [-0.2, 0) is 18.3 Å². The Bertz CT molecular complexity index is 639. The second-order valence-electron chi connectivity index (χ2n) is 4.22. The summed E-state index contributed by atoms with van der Waals surface area (Å²) in [5.41, 5.74) is 5.93. The number of nitrogen functional groups attached to an aromatic ring is 1. The Balaban J connectivity index is 2.23. The Labute approximate surface area is 115 Å². The molecule has 0 aliphatic carbocycles. The van der Waals surface area contributed by atoms with E-state index in [2.05, 4.69) is 15.0 Å². The van der Waals surface area contributed by atoms with E-state index in [1.165, 1.54) is 13.2 Å². The van der Waals surface area contributed by atoms with Gasteiger partial charge in [-0.2, -0.15) is 0 Å². The monoisotopic (exact) mass is 278 g/mol. The summed E-state index contributed by atoms with van der Waals surface area (Å²) in [5, 5.41) is 2.88. The van der Waals surface area contributed by atoms with Gasteiger partial charge in [0.25, 0.3) is 0 Å². The van der Waals surface area contributed by atoms with Crippen LogP contribution in [0.5, 0.6) is 0 Å². The third-order valence-electron chi connectivity index (χ3n) is 2.90. The molecule has 0 amide bonds. The Kier molecular flexibility index (Phi) is 3.88. The molecule has 106 valence electrons. The number of halogens is 1. The Morgan fingerprint density at radius 1 is 1.55 bits per heavy atom. The van der Waals surface area contributed by atoms with E-state index in [0.29, 0.717) is 6.54 Å². The number of aromatic nitrogens is 2. The van der Waals surface area contributed by atoms with E-state index in [0.717, 1.165) is 11.9 Å². The minimum Gasteiger partial charge on any atom is -0.465 e. The standard InChI is InChI=1S/C13H15FN4O2/c1-18-4-3-16-12(18)7-17-11-5-8(13(19)20-2)10(15)6-9(11)14/h3-6,17H,7,15H2,1-2H3. The zero-order valence-electron chi connectivity index (χ0n) is 11.2. The average molecular weight is 278 g/mol. The fourth-order valence-electron chi connectivity index (χ4n) is 1.75. The van der Waals surface area contributed by atoms with Crippen LogP contribution < -0.4 is 11.1 Å². The number of ether oxygens (including phenoxy) is 1. The highest BCUT2D eigenvalue weighted by atomic mass is 19.1. The van der Waals surface area contributed by atoms with Gasteiger partial charge in [-0.05, 0) is 12.1 Å². The number of nitrogens with zero attached hydrogens (tertiary/aromatic N) is 2. The molecule has 1 heterocycles. The van der Waals surface area contributed by atoms with Gasteiger partial charge in [0.1, 0.15) is 11.6 Å². The molecule has 1 aromatic carbocycles. The second kappa shape index (κ2) is 5.60. The van der Waals surface area contributed by atoms with E-state index in [9.17, 15) is 9.18 Å². The fraction of sp³-hybridized carbons (Fsp3) is 0.231. The number of aryl methyl sites for hydroxylation is 1. The molecule has 20 heavy (non-hydrogen) atoms. The van der Waals surface area contributed by atoms with Crippen molar-refractivity contribution >= 4 is 17.3 Å². The number of imidazole rings is 1. The molecule has 0 atom stereocenters. The fourth-order valence-corrected chi connectivity index (χ4v) is 1.75. The van der Waals surface area contributed by atoms with Crippen molar-refractivity contribution in [3.63, 3.8) is 0 Å². The smallest absolute Gasteiger partial charge is 0.340 e. The number of nitrogens with two attached hydrogens (primary N) is 1. The Morgan fingerprint density at radius 2 is 2.30 bits per heavy atom. The lowest BCUT2D eigenvalue weighted by atomic mass is 10.1. The summed E-state index contributed by atoms with van der Waals surface area (Å²) in [6, 6.07) is 2.42. The lowest BCUT2D eigenvalue weighted by Gasteiger charge is -2.11. The first kappa shape index (κ1) is 13.9. The van der Waals surface area contributed by atoms with Crippen molar-refractivity contribution in [3.05, 3.63) is 41.7 Å². The van der Waals surface area contributed by atoms with Crippen LogP contribution in [0.25, 0.3) is 0 Å². The molecule has 0 unspecified atom stereocenters. The molecule has 0 bridgehead atoms. The van der Waals surface area contributed by atoms with E-state index in [1.807, 2.05) is 11.6 Å². The zero-order valence-corrected chi connectivity index (χ0v) is 11.2. The van der Waals surface area contributed by atoms with Gasteiger partial charge in [0, 0.05) is 25.1 Å². The summed E-state index contributed by atoms with van der Waals surface area (Å²) in [7, 11) is 3.08. The van der Waals surface area contributed by atoms with Crippen LogP contribution in [0.15, 0.2) is 24.5 Å². The highest BCUT2D eigenvalue weighted by Crippen LogP contribution is 2.23. The summed E-state index contributed by atoms with van der Waals surface area (Å²) in [6.07, 6.45) is 3.44. The normalized spacial score (nSPS) is 10.3. The minimum absolute atomic E-state index is 0.0388. The molecule has 0 aliphatic rings. The Hall–Kier alpha value is -2.57. The molecule has 3 N–H and O–H groups in total. The number of carbonyl (C=O) groups excluding carboxylic acids is 1. The van der Waals surface area contributed by atoms with E-state index < -0.39 is 11.8 Å². The first-order chi connectivity index (χ1) is 9.52. The highest BCUT2D eigenvalue weighted by Gasteiger charge is 2.14. The van der Waals surface area contributed by atoms with Crippen molar-refractivity contribution in [3.8, 4) is 0 Å². The van der Waals surface area contributed by atoms with E-state index in [-0.39, 0.29) is 16.9 Å². The minimum atomic E-state index is -0.609. The van der Waals surface area contributed by atoms with Gasteiger partial charge in [-0.3, -0.25) is 0 Å². The third-order valence-corrected chi connectivity index (χ3v) is 2.90. The van der Waals surface area contributed by atoms with Crippen LogP contribution in [0.1, 0.15) is 16.2 Å². The van der Waals surface area contributed by atoms with Crippen LogP contribution in [0.4, 0.5) is 15.8 Å². The van der Waals surface area contributed by atoms with Gasteiger partial charge < -0.3 is 20.4 Å². The van der Waals surface area contributed by atoms with Gasteiger partial charge in [0.15, 0.2) is 0 Å². The van der Waals surface area contributed by atoms with Gasteiger partial charge in [0.05, 0.1) is 24.9 Å². The zero-order chi connectivity index (χ0) is 14.7. The molecule has 2 rings (SSSR count). The van der Waals surface area contributed by atoms with Gasteiger partial charge in [-0.15, -0.1) is 0 Å². The maximum absolute atomic E-state index is 13.8. The molecule has 0 saturated carbocycles. The Morgan fingerprint density at radius 3 is 2.90 bits per heavy atom. The highest BCUT2D eigenvalue weighted by molar-refractivity contribution is 5.96. The summed E-state index contributed by atoms with van der Waals surface area (Å²) < 4.78 is 20.2. The summed E-state index contributed by atoms with van der Waals surface area (Å²) >= 11 is 0.